The molecule has 13 heavy (non-hydrogen) atoms. The van der Waals surface area contributed by atoms with Crippen molar-refractivity contribution in [2.45, 2.75) is 0 Å². The Morgan fingerprint density at radius 2 is 2.23 bits per heavy atom. The van der Waals surface area contributed by atoms with E-state index in [1.54, 1.807) is 22.9 Å². The third-order valence-corrected chi connectivity index (χ3v) is 2.88. The van der Waals surface area contributed by atoms with E-state index in [9.17, 15) is 0 Å². The maximum Gasteiger partial charge on any atom is 0.0797 e. The molecule has 4 heteroatoms. The normalized spacial score (nSPS) is 10.2. The molecule has 66 valence electrons. The Labute approximate surface area is 85.0 Å². The topological polar surface area (TPSA) is 38.9 Å². The molecule has 1 aromatic carbocycles. The van der Waals surface area contributed by atoms with Gasteiger partial charge in [0.1, 0.15) is 0 Å². The summed E-state index contributed by atoms with van der Waals surface area (Å²) >= 11 is 7.39. The summed E-state index contributed by atoms with van der Waals surface area (Å²) in [4.78, 5) is 5.10. The van der Waals surface area contributed by atoms with E-state index in [-0.39, 0.29) is 0 Å². The molecule has 0 unspecified atom stereocenters. The predicted molar refractivity (Wildman–Crippen MR) is 57.0 cm³/mol. The summed E-state index contributed by atoms with van der Waals surface area (Å²) in [5.74, 6) is 0. The van der Waals surface area contributed by atoms with E-state index in [0.29, 0.717) is 10.7 Å². The van der Waals surface area contributed by atoms with Crippen molar-refractivity contribution in [3.05, 3.63) is 34.9 Å². The molecule has 0 bridgehead atoms. The number of hydrogen-bond acceptors (Lipinski definition) is 3. The molecule has 0 fully saturated rings. The smallest absolute Gasteiger partial charge is 0.0797 e. The molecular weight excluding hydrogens is 204 g/mol. The van der Waals surface area contributed by atoms with Gasteiger partial charge in [-0.05, 0) is 17.7 Å². The van der Waals surface area contributed by atoms with Gasteiger partial charge in [-0.15, -0.1) is 11.3 Å². The number of nitrogens with zero attached hydrogens (tertiary/aromatic N) is 1. The van der Waals surface area contributed by atoms with Crippen LogP contribution in [-0.2, 0) is 0 Å². The van der Waals surface area contributed by atoms with Crippen LogP contribution in [0, 0.1) is 0 Å². The van der Waals surface area contributed by atoms with Gasteiger partial charge >= 0.3 is 0 Å². The minimum Gasteiger partial charge on any atom is -0.398 e. The molecule has 1 aromatic heterocycles. The van der Waals surface area contributed by atoms with Gasteiger partial charge in [-0.25, -0.2) is 0 Å². The molecule has 0 saturated carbocycles. The zero-order chi connectivity index (χ0) is 9.26. The average molecular weight is 211 g/mol. The summed E-state index contributed by atoms with van der Waals surface area (Å²) in [7, 11) is 0. The molecule has 0 aliphatic carbocycles. The predicted octanol–water partition coefficient (Wildman–Crippen LogP) is 3.05. The molecule has 1 heterocycles. The van der Waals surface area contributed by atoms with Crippen LogP contribution < -0.4 is 5.73 Å². The number of halogens is 1. The first-order valence-corrected chi connectivity index (χ1v) is 4.97. The van der Waals surface area contributed by atoms with Crippen molar-refractivity contribution >= 4 is 28.6 Å². The fourth-order valence-electron chi connectivity index (χ4n) is 1.06. The van der Waals surface area contributed by atoms with Crippen LogP contribution in [0.15, 0.2) is 29.9 Å². The Bertz CT molecular complexity index is 412. The van der Waals surface area contributed by atoms with Crippen LogP contribution in [0.5, 0.6) is 0 Å². The molecule has 2 N–H and O–H groups in total. The fourth-order valence-corrected chi connectivity index (χ4v) is 1.79. The lowest BCUT2D eigenvalue weighted by molar-refractivity contribution is 1.42. The number of nitrogen functional groups attached to an aromatic ring is 1. The van der Waals surface area contributed by atoms with Crippen LogP contribution in [0.4, 0.5) is 5.69 Å². The largest absolute Gasteiger partial charge is 0.398 e. The lowest BCUT2D eigenvalue weighted by atomic mass is 10.2. The second-order valence-electron chi connectivity index (χ2n) is 2.60. The number of aromatic nitrogens is 1. The van der Waals surface area contributed by atoms with Gasteiger partial charge in [0.2, 0.25) is 0 Å². The van der Waals surface area contributed by atoms with Crippen molar-refractivity contribution < 1.29 is 0 Å². The summed E-state index contributed by atoms with van der Waals surface area (Å²) in [5.41, 5.74) is 9.13. The molecule has 0 radical (unpaired) electrons. The van der Waals surface area contributed by atoms with Gasteiger partial charge in [-0.1, -0.05) is 17.7 Å². The Morgan fingerprint density at radius 1 is 1.38 bits per heavy atom. The van der Waals surface area contributed by atoms with Crippen molar-refractivity contribution in [3.8, 4) is 10.4 Å². The number of nitrogens with two attached hydrogens (primary N) is 1. The number of anilines is 1. The Kier molecular flexibility index (Phi) is 2.20. The molecule has 0 amide bonds. The molecular formula is C9H7ClN2S. The van der Waals surface area contributed by atoms with Crippen molar-refractivity contribution in [2.75, 3.05) is 5.73 Å². The maximum atomic E-state index is 5.80. The summed E-state index contributed by atoms with van der Waals surface area (Å²) in [6, 6.07) is 5.59. The van der Waals surface area contributed by atoms with Crippen LogP contribution in [0.25, 0.3) is 10.4 Å². The van der Waals surface area contributed by atoms with Crippen LogP contribution in [0.2, 0.25) is 5.02 Å². The number of benzene rings is 1. The molecule has 0 spiro atoms. The van der Waals surface area contributed by atoms with Gasteiger partial charge in [0, 0.05) is 6.20 Å². The van der Waals surface area contributed by atoms with E-state index in [1.165, 1.54) is 0 Å². The lowest BCUT2D eigenvalue weighted by Crippen LogP contribution is -1.85. The summed E-state index contributed by atoms with van der Waals surface area (Å²) in [6.45, 7) is 0. The van der Waals surface area contributed by atoms with Crippen molar-refractivity contribution in [1.82, 2.24) is 4.98 Å². The minimum atomic E-state index is 0.591. The minimum absolute atomic E-state index is 0.591. The highest BCUT2D eigenvalue weighted by Gasteiger charge is 2.01. The molecule has 2 nitrogen and oxygen atoms in total. The van der Waals surface area contributed by atoms with Crippen molar-refractivity contribution in [1.29, 1.82) is 0 Å². The first-order chi connectivity index (χ1) is 6.27. The standard InChI is InChI=1S/C9H7ClN2S/c10-7-2-1-6(3-8(7)11)9-4-12-5-13-9/h1-5H,11H2. The van der Waals surface area contributed by atoms with Crippen LogP contribution in [-0.4, -0.2) is 4.98 Å². The van der Waals surface area contributed by atoms with Gasteiger partial charge in [0.15, 0.2) is 0 Å². The summed E-state index contributed by atoms with van der Waals surface area (Å²) < 4.78 is 0. The molecule has 0 saturated heterocycles. The van der Waals surface area contributed by atoms with E-state index in [4.69, 9.17) is 17.3 Å². The first-order valence-electron chi connectivity index (χ1n) is 3.71. The van der Waals surface area contributed by atoms with E-state index < -0.39 is 0 Å². The number of rotatable bonds is 1. The Morgan fingerprint density at radius 3 is 2.85 bits per heavy atom. The van der Waals surface area contributed by atoms with E-state index in [0.717, 1.165) is 10.4 Å². The molecule has 0 atom stereocenters. The first kappa shape index (κ1) is 8.53. The Balaban J connectivity index is 2.49. The zero-order valence-corrected chi connectivity index (χ0v) is 8.27. The molecule has 2 rings (SSSR count). The van der Waals surface area contributed by atoms with Crippen LogP contribution in [0.1, 0.15) is 0 Å². The number of hydrogen-bond donors (Lipinski definition) is 1. The van der Waals surface area contributed by atoms with E-state index in [1.807, 2.05) is 18.3 Å². The van der Waals surface area contributed by atoms with Gasteiger partial charge in [0.05, 0.1) is 21.1 Å². The molecule has 0 aliphatic rings. The average Bonchev–Trinajstić information content (AvgIpc) is 2.62. The van der Waals surface area contributed by atoms with Gasteiger partial charge in [0.25, 0.3) is 0 Å². The molecule has 2 aromatic rings. The zero-order valence-electron chi connectivity index (χ0n) is 6.70. The van der Waals surface area contributed by atoms with E-state index in [2.05, 4.69) is 4.98 Å². The molecule has 0 aliphatic heterocycles. The monoisotopic (exact) mass is 210 g/mol. The van der Waals surface area contributed by atoms with Gasteiger partial charge in [-0.2, -0.15) is 0 Å². The van der Waals surface area contributed by atoms with Crippen LogP contribution in [0.3, 0.4) is 0 Å². The second kappa shape index (κ2) is 3.36. The van der Waals surface area contributed by atoms with Crippen LogP contribution >= 0.6 is 22.9 Å². The number of thiazole rings is 1. The van der Waals surface area contributed by atoms with E-state index >= 15 is 0 Å². The quantitative estimate of drug-likeness (QED) is 0.735. The summed E-state index contributed by atoms with van der Waals surface area (Å²) in [6.07, 6.45) is 1.81. The van der Waals surface area contributed by atoms with Gasteiger partial charge < -0.3 is 5.73 Å². The Hall–Kier alpha value is -1.06. The van der Waals surface area contributed by atoms with Crippen molar-refractivity contribution in [3.63, 3.8) is 0 Å². The lowest BCUT2D eigenvalue weighted by Gasteiger charge is -2.00. The second-order valence-corrected chi connectivity index (χ2v) is 3.90. The highest BCUT2D eigenvalue weighted by atomic mass is 35.5. The third-order valence-electron chi connectivity index (χ3n) is 1.71. The van der Waals surface area contributed by atoms with Gasteiger partial charge in [-0.3, -0.25) is 4.98 Å². The highest BCUT2D eigenvalue weighted by molar-refractivity contribution is 7.13. The SMILES string of the molecule is Nc1cc(-c2cncs2)ccc1Cl. The van der Waals surface area contributed by atoms with Crippen molar-refractivity contribution in [2.24, 2.45) is 0 Å². The third kappa shape index (κ3) is 1.66. The summed E-state index contributed by atoms with van der Waals surface area (Å²) in [5, 5.41) is 0.591. The highest BCUT2D eigenvalue weighted by Crippen LogP contribution is 2.28. The fraction of sp³-hybridized carbons (Fsp3) is 0. The maximum absolute atomic E-state index is 5.80.